The van der Waals surface area contributed by atoms with Gasteiger partial charge in [-0.15, -0.1) is 0 Å². The number of aromatic amines is 1. The molecule has 0 fully saturated rings. The van der Waals surface area contributed by atoms with Gasteiger partial charge in [-0.25, -0.2) is 4.68 Å². The zero-order chi connectivity index (χ0) is 16.7. The minimum atomic E-state index is -5.05. The highest BCUT2D eigenvalue weighted by Crippen LogP contribution is 2.36. The molecule has 2 aromatic rings. The van der Waals surface area contributed by atoms with Crippen molar-refractivity contribution >= 4 is 0 Å². The van der Waals surface area contributed by atoms with Crippen LogP contribution in [0.4, 0.5) is 26.3 Å². The maximum absolute atomic E-state index is 12.7. The maximum Gasteiger partial charge on any atom is 0.416 e. The maximum atomic E-state index is 12.7. The predicted octanol–water partition coefficient (Wildman–Crippen LogP) is 2.56. The number of hydrogen-bond acceptors (Lipinski definition) is 2. The fourth-order valence-corrected chi connectivity index (χ4v) is 1.68. The van der Waals surface area contributed by atoms with Gasteiger partial charge in [-0.2, -0.15) is 26.3 Å². The third-order valence-corrected chi connectivity index (χ3v) is 2.65. The molecule has 0 saturated carbocycles. The summed E-state index contributed by atoms with van der Waals surface area (Å²) < 4.78 is 76.5. The van der Waals surface area contributed by atoms with Crippen molar-refractivity contribution in [3.63, 3.8) is 0 Å². The zero-order valence-electron chi connectivity index (χ0n) is 10.4. The Morgan fingerprint density at radius 1 is 0.818 bits per heavy atom. The molecule has 22 heavy (non-hydrogen) atoms. The fraction of sp³-hybridized carbons (Fsp3) is 0.167. The van der Waals surface area contributed by atoms with Crippen molar-refractivity contribution in [3.8, 4) is 5.69 Å². The monoisotopic (exact) mass is 324 g/mol. The van der Waals surface area contributed by atoms with E-state index in [4.69, 9.17) is 0 Å². The van der Waals surface area contributed by atoms with Gasteiger partial charge in [-0.3, -0.25) is 14.7 Å². The molecular weight excluding hydrogens is 318 g/mol. The van der Waals surface area contributed by atoms with Gasteiger partial charge in [0.05, 0.1) is 16.8 Å². The van der Waals surface area contributed by atoms with Gasteiger partial charge in [-0.1, -0.05) is 0 Å². The van der Waals surface area contributed by atoms with E-state index in [9.17, 15) is 35.9 Å². The summed E-state index contributed by atoms with van der Waals surface area (Å²) in [5.74, 6) is 0. The van der Waals surface area contributed by atoms with Crippen LogP contribution >= 0.6 is 0 Å². The second-order valence-corrected chi connectivity index (χ2v) is 4.25. The third kappa shape index (κ3) is 3.21. The first-order chi connectivity index (χ1) is 9.98. The molecule has 4 nitrogen and oxygen atoms in total. The number of benzene rings is 1. The lowest BCUT2D eigenvalue weighted by molar-refractivity contribution is -0.143. The number of rotatable bonds is 1. The van der Waals surface area contributed by atoms with Crippen LogP contribution in [0.1, 0.15) is 11.1 Å². The van der Waals surface area contributed by atoms with Crippen molar-refractivity contribution in [3.05, 3.63) is 62.2 Å². The second kappa shape index (κ2) is 5.04. The van der Waals surface area contributed by atoms with Crippen LogP contribution < -0.4 is 11.1 Å². The number of hydrogen-bond donors (Lipinski definition) is 1. The summed E-state index contributed by atoms with van der Waals surface area (Å²) in [7, 11) is 0. The van der Waals surface area contributed by atoms with Crippen LogP contribution in [-0.4, -0.2) is 9.78 Å². The zero-order valence-corrected chi connectivity index (χ0v) is 10.4. The molecule has 118 valence electrons. The molecule has 0 aliphatic carbocycles. The molecule has 10 heteroatoms. The molecule has 0 spiro atoms. The Balaban J connectivity index is 2.78. The molecule has 0 unspecified atom stereocenters. The van der Waals surface area contributed by atoms with E-state index in [1.165, 1.54) is 0 Å². The summed E-state index contributed by atoms with van der Waals surface area (Å²) in [5, 5.41) is 1.86. The van der Waals surface area contributed by atoms with Crippen LogP contribution in [0.3, 0.4) is 0 Å². The lowest BCUT2D eigenvalue weighted by Crippen LogP contribution is -2.27. The highest BCUT2D eigenvalue weighted by atomic mass is 19.4. The standard InChI is InChI=1S/C12H6F6N2O2/c13-11(14,15)6-3-7(12(16,17)18)5-8(4-6)20-10(22)2-1-9(21)19-20/h1-5H,(H,19,21). The van der Waals surface area contributed by atoms with Gasteiger partial charge in [0, 0.05) is 12.1 Å². The second-order valence-electron chi connectivity index (χ2n) is 4.25. The number of H-pyrrole nitrogens is 1. The third-order valence-electron chi connectivity index (χ3n) is 2.65. The molecule has 2 rings (SSSR count). The van der Waals surface area contributed by atoms with Crippen molar-refractivity contribution < 1.29 is 26.3 Å². The molecule has 0 aliphatic heterocycles. The summed E-state index contributed by atoms with van der Waals surface area (Å²) in [6.07, 6.45) is -10.1. The number of nitrogens with one attached hydrogen (secondary N) is 1. The number of nitrogens with zero attached hydrogens (tertiary/aromatic N) is 1. The van der Waals surface area contributed by atoms with Gasteiger partial charge in [0.25, 0.3) is 11.1 Å². The van der Waals surface area contributed by atoms with Gasteiger partial charge < -0.3 is 0 Å². The molecule has 1 aromatic carbocycles. The van der Waals surface area contributed by atoms with Crippen molar-refractivity contribution in [1.82, 2.24) is 9.78 Å². The molecule has 0 atom stereocenters. The molecule has 1 aromatic heterocycles. The van der Waals surface area contributed by atoms with Crippen LogP contribution in [0.25, 0.3) is 5.69 Å². The quantitative estimate of drug-likeness (QED) is 0.820. The van der Waals surface area contributed by atoms with Crippen LogP contribution in [0, 0.1) is 0 Å². The Morgan fingerprint density at radius 2 is 1.32 bits per heavy atom. The minimum Gasteiger partial charge on any atom is -0.268 e. The van der Waals surface area contributed by atoms with Crippen molar-refractivity contribution in [1.29, 1.82) is 0 Å². The fourth-order valence-electron chi connectivity index (χ4n) is 1.68. The van der Waals surface area contributed by atoms with Crippen LogP contribution in [0.5, 0.6) is 0 Å². The van der Waals surface area contributed by atoms with Gasteiger partial charge in [0.2, 0.25) is 0 Å². The lowest BCUT2D eigenvalue weighted by atomic mass is 10.1. The van der Waals surface area contributed by atoms with Crippen LogP contribution in [0.15, 0.2) is 39.9 Å². The average molecular weight is 324 g/mol. The molecule has 0 bridgehead atoms. The Kier molecular flexibility index (Phi) is 3.63. The predicted molar refractivity (Wildman–Crippen MR) is 62.7 cm³/mol. The van der Waals surface area contributed by atoms with E-state index in [0.717, 1.165) is 12.1 Å². The summed E-state index contributed by atoms with van der Waals surface area (Å²) in [4.78, 5) is 22.6. The van der Waals surface area contributed by atoms with E-state index < -0.39 is 40.3 Å². The van der Waals surface area contributed by atoms with Gasteiger partial charge in [0.15, 0.2) is 0 Å². The molecule has 0 aliphatic rings. The first-order valence-corrected chi connectivity index (χ1v) is 5.61. The summed E-state index contributed by atoms with van der Waals surface area (Å²) in [6, 6.07) is 2.14. The van der Waals surface area contributed by atoms with Crippen molar-refractivity contribution in [2.45, 2.75) is 12.4 Å². The molecule has 0 amide bonds. The Bertz CT molecular complexity index is 784. The van der Waals surface area contributed by atoms with Crippen molar-refractivity contribution in [2.75, 3.05) is 0 Å². The largest absolute Gasteiger partial charge is 0.416 e. The molecule has 1 heterocycles. The minimum absolute atomic E-state index is 0.0738. The van der Waals surface area contributed by atoms with Gasteiger partial charge >= 0.3 is 12.4 Å². The Morgan fingerprint density at radius 3 is 1.77 bits per heavy atom. The molecule has 0 radical (unpaired) electrons. The summed E-state index contributed by atoms with van der Waals surface area (Å²) in [5.41, 5.74) is -5.76. The first kappa shape index (κ1) is 15.9. The molecular formula is C12H6F6N2O2. The topological polar surface area (TPSA) is 54.9 Å². The van der Waals surface area contributed by atoms with Crippen LogP contribution in [-0.2, 0) is 12.4 Å². The molecule has 1 N–H and O–H groups in total. The van der Waals surface area contributed by atoms with Gasteiger partial charge in [0.1, 0.15) is 0 Å². The van der Waals surface area contributed by atoms with E-state index in [1.807, 2.05) is 5.10 Å². The van der Waals surface area contributed by atoms with E-state index in [-0.39, 0.29) is 6.07 Å². The summed E-state index contributed by atoms with van der Waals surface area (Å²) in [6.45, 7) is 0. The van der Waals surface area contributed by atoms with Gasteiger partial charge in [-0.05, 0) is 18.2 Å². The Labute approximate surface area is 117 Å². The van der Waals surface area contributed by atoms with E-state index >= 15 is 0 Å². The highest BCUT2D eigenvalue weighted by Gasteiger charge is 2.37. The van der Waals surface area contributed by atoms with E-state index in [0.29, 0.717) is 16.8 Å². The molecule has 0 saturated heterocycles. The normalized spacial score (nSPS) is 12.5. The SMILES string of the molecule is O=c1ccc(=O)n(-c2cc(C(F)(F)F)cc(C(F)(F)F)c2)[nH]1. The highest BCUT2D eigenvalue weighted by molar-refractivity contribution is 5.41. The number of alkyl halides is 6. The number of aromatic nitrogens is 2. The first-order valence-electron chi connectivity index (χ1n) is 5.61. The van der Waals surface area contributed by atoms with Crippen molar-refractivity contribution in [2.24, 2.45) is 0 Å². The van der Waals surface area contributed by atoms with E-state index in [1.54, 1.807) is 0 Å². The van der Waals surface area contributed by atoms with Crippen LogP contribution in [0.2, 0.25) is 0 Å². The van der Waals surface area contributed by atoms with E-state index in [2.05, 4.69) is 0 Å². The summed E-state index contributed by atoms with van der Waals surface area (Å²) >= 11 is 0. The smallest absolute Gasteiger partial charge is 0.268 e. The average Bonchev–Trinajstić information content (AvgIpc) is 2.39. The number of halogens is 6. The Hall–Kier alpha value is -2.52. The lowest BCUT2D eigenvalue weighted by Gasteiger charge is -2.14.